The maximum atomic E-state index is 13.3. The molecule has 1 aliphatic heterocycles. The van der Waals surface area contributed by atoms with Crippen LogP contribution in [0.2, 0.25) is 0 Å². The van der Waals surface area contributed by atoms with Crippen molar-refractivity contribution in [3.63, 3.8) is 0 Å². The molecule has 1 aliphatic rings. The average Bonchev–Trinajstić information content (AvgIpc) is 2.81. The van der Waals surface area contributed by atoms with Gasteiger partial charge in [0.2, 0.25) is 11.8 Å². The van der Waals surface area contributed by atoms with E-state index in [1.54, 1.807) is 25.9 Å². The van der Waals surface area contributed by atoms with Crippen LogP contribution in [0.1, 0.15) is 25.0 Å². The van der Waals surface area contributed by atoms with Crippen LogP contribution < -0.4 is 10.1 Å². The number of rotatable bonds is 8. The van der Waals surface area contributed by atoms with Gasteiger partial charge >= 0.3 is 5.97 Å². The summed E-state index contributed by atoms with van der Waals surface area (Å²) in [6, 6.07) is 15.9. The van der Waals surface area contributed by atoms with Crippen LogP contribution in [-0.4, -0.2) is 48.5 Å². The van der Waals surface area contributed by atoms with Gasteiger partial charge in [-0.2, -0.15) is 0 Å². The van der Waals surface area contributed by atoms with Gasteiger partial charge in [0.1, 0.15) is 17.3 Å². The number of nitrogens with zero attached hydrogens (tertiary/aromatic N) is 1. The predicted octanol–water partition coefficient (Wildman–Crippen LogP) is 2.33. The zero-order valence-corrected chi connectivity index (χ0v) is 18.3. The molecule has 0 saturated carbocycles. The maximum Gasteiger partial charge on any atom is 0.328 e. The second-order valence-corrected chi connectivity index (χ2v) is 7.88. The third-order valence-electron chi connectivity index (χ3n) is 6.07. The summed E-state index contributed by atoms with van der Waals surface area (Å²) < 4.78 is 10.1. The summed E-state index contributed by atoms with van der Waals surface area (Å²) in [5, 5.41) is 2.82. The minimum absolute atomic E-state index is 0.105. The van der Waals surface area contributed by atoms with Crippen molar-refractivity contribution in [3.8, 4) is 5.75 Å². The van der Waals surface area contributed by atoms with Crippen molar-refractivity contribution in [2.75, 3.05) is 14.2 Å². The Labute approximate surface area is 182 Å². The molecule has 0 aliphatic carbocycles. The Morgan fingerprint density at radius 3 is 2.29 bits per heavy atom. The molecule has 0 radical (unpaired) electrons. The molecule has 2 aromatic carbocycles. The van der Waals surface area contributed by atoms with Crippen molar-refractivity contribution >= 4 is 17.8 Å². The third-order valence-corrected chi connectivity index (χ3v) is 6.07. The topological polar surface area (TPSA) is 84.9 Å². The van der Waals surface area contributed by atoms with Crippen LogP contribution in [0.25, 0.3) is 0 Å². The van der Waals surface area contributed by atoms with Crippen LogP contribution in [0.15, 0.2) is 54.6 Å². The van der Waals surface area contributed by atoms with Crippen LogP contribution in [0.5, 0.6) is 5.75 Å². The van der Waals surface area contributed by atoms with Gasteiger partial charge in [-0.05, 0) is 30.2 Å². The first kappa shape index (κ1) is 22.3. The highest BCUT2D eigenvalue weighted by atomic mass is 16.5. The largest absolute Gasteiger partial charge is 0.497 e. The molecule has 1 saturated heterocycles. The van der Waals surface area contributed by atoms with Gasteiger partial charge in [0.05, 0.1) is 20.1 Å². The van der Waals surface area contributed by atoms with Crippen molar-refractivity contribution in [2.45, 2.75) is 38.4 Å². The van der Waals surface area contributed by atoms with Crippen molar-refractivity contribution in [2.24, 2.45) is 5.92 Å². The normalized spacial score (nSPS) is 21.1. The monoisotopic (exact) mass is 424 g/mol. The smallest absolute Gasteiger partial charge is 0.328 e. The number of likely N-dealkylation sites (tertiary alicyclic amines) is 1. The second kappa shape index (κ2) is 9.20. The number of β-lactam (4-membered cyclic amide) rings is 1. The summed E-state index contributed by atoms with van der Waals surface area (Å²) in [5.74, 6) is -0.790. The molecule has 31 heavy (non-hydrogen) atoms. The molecule has 164 valence electrons. The van der Waals surface area contributed by atoms with Crippen molar-refractivity contribution in [1.29, 1.82) is 0 Å². The minimum Gasteiger partial charge on any atom is -0.497 e. The Kier molecular flexibility index (Phi) is 6.63. The molecule has 1 fully saturated rings. The van der Waals surface area contributed by atoms with E-state index in [4.69, 9.17) is 9.47 Å². The van der Waals surface area contributed by atoms with Gasteiger partial charge in [-0.3, -0.25) is 9.59 Å². The Hall–Kier alpha value is -3.35. The van der Waals surface area contributed by atoms with Crippen LogP contribution >= 0.6 is 0 Å². The van der Waals surface area contributed by atoms with Crippen LogP contribution in [-0.2, 0) is 32.1 Å². The number of methoxy groups -OCH3 is 2. The zero-order valence-electron chi connectivity index (χ0n) is 18.3. The van der Waals surface area contributed by atoms with Gasteiger partial charge in [-0.1, -0.05) is 49.4 Å². The molecule has 0 bridgehead atoms. The molecule has 2 amide bonds. The minimum atomic E-state index is -1.07. The van der Waals surface area contributed by atoms with Gasteiger partial charge in [-0.25, -0.2) is 4.79 Å². The van der Waals surface area contributed by atoms with E-state index in [1.807, 2.05) is 54.6 Å². The number of carbonyl (C=O) groups excluding carboxylic acids is 3. The first-order valence-electron chi connectivity index (χ1n) is 10.2. The van der Waals surface area contributed by atoms with Crippen molar-refractivity contribution in [1.82, 2.24) is 10.2 Å². The standard InChI is InChI=1S/C24H28N2O5/c1-16-21(27)26(15-18-10-12-19(30-3)13-11-18)24(16,2)23(29)25-20(22(28)31-4)14-17-8-6-5-7-9-17/h5-13,16,20H,14-15H2,1-4H3,(H,25,29)/t16-,20+,24+/m1/s1. The molecule has 0 aromatic heterocycles. The Balaban J connectivity index is 1.77. The molecular formula is C24H28N2O5. The van der Waals surface area contributed by atoms with E-state index in [0.29, 0.717) is 13.0 Å². The second-order valence-electron chi connectivity index (χ2n) is 7.88. The summed E-state index contributed by atoms with van der Waals surface area (Å²) in [7, 11) is 2.88. The van der Waals surface area contributed by atoms with E-state index in [-0.39, 0.29) is 11.8 Å². The van der Waals surface area contributed by atoms with Gasteiger partial charge < -0.3 is 19.7 Å². The Bertz CT molecular complexity index is 944. The zero-order chi connectivity index (χ0) is 22.6. The summed E-state index contributed by atoms with van der Waals surface area (Å²) in [5.41, 5.74) is 0.713. The number of nitrogens with one attached hydrogen (secondary N) is 1. The number of benzene rings is 2. The Morgan fingerprint density at radius 1 is 1.06 bits per heavy atom. The van der Waals surface area contributed by atoms with Crippen LogP contribution in [0.4, 0.5) is 0 Å². The molecule has 3 atom stereocenters. The summed E-state index contributed by atoms with van der Waals surface area (Å²) in [6.07, 6.45) is 0.302. The fourth-order valence-corrected chi connectivity index (χ4v) is 3.84. The lowest BCUT2D eigenvalue weighted by molar-refractivity contribution is -0.177. The molecule has 1 N–H and O–H groups in total. The number of ether oxygens (including phenoxy) is 2. The average molecular weight is 424 g/mol. The van der Waals surface area contributed by atoms with Crippen molar-refractivity contribution < 1.29 is 23.9 Å². The lowest BCUT2D eigenvalue weighted by atomic mass is 9.74. The fraction of sp³-hybridized carbons (Fsp3) is 0.375. The van der Waals surface area contributed by atoms with Crippen LogP contribution in [0.3, 0.4) is 0 Å². The number of amides is 2. The van der Waals surface area contributed by atoms with Crippen molar-refractivity contribution in [3.05, 3.63) is 65.7 Å². The molecule has 0 unspecified atom stereocenters. The van der Waals surface area contributed by atoms with E-state index in [2.05, 4.69) is 5.32 Å². The van der Waals surface area contributed by atoms with Gasteiger partial charge in [0, 0.05) is 13.0 Å². The summed E-state index contributed by atoms with van der Waals surface area (Å²) in [6.45, 7) is 3.75. The van der Waals surface area contributed by atoms with Gasteiger partial charge in [0.25, 0.3) is 0 Å². The third kappa shape index (κ3) is 4.40. The molecule has 1 heterocycles. The highest BCUT2D eigenvalue weighted by molar-refractivity contribution is 6.03. The highest BCUT2D eigenvalue weighted by Gasteiger charge is 2.59. The first-order chi connectivity index (χ1) is 14.8. The van der Waals surface area contributed by atoms with Gasteiger partial charge in [0.15, 0.2) is 0 Å². The number of hydrogen-bond acceptors (Lipinski definition) is 5. The Morgan fingerprint density at radius 2 is 1.71 bits per heavy atom. The number of hydrogen-bond donors (Lipinski definition) is 1. The number of carbonyl (C=O) groups is 3. The summed E-state index contributed by atoms with van der Waals surface area (Å²) >= 11 is 0. The van der Waals surface area contributed by atoms with E-state index in [0.717, 1.165) is 16.9 Å². The molecule has 3 rings (SSSR count). The first-order valence-corrected chi connectivity index (χ1v) is 10.2. The predicted molar refractivity (Wildman–Crippen MR) is 115 cm³/mol. The molecule has 2 aromatic rings. The quantitative estimate of drug-likeness (QED) is 0.519. The highest BCUT2D eigenvalue weighted by Crippen LogP contribution is 2.39. The molecule has 7 nitrogen and oxygen atoms in total. The van der Waals surface area contributed by atoms with Crippen LogP contribution in [0, 0.1) is 5.92 Å². The molecule has 0 spiro atoms. The summed E-state index contributed by atoms with van der Waals surface area (Å²) in [4.78, 5) is 39.8. The van der Waals surface area contributed by atoms with E-state index in [1.165, 1.54) is 7.11 Å². The SMILES string of the molecule is COC(=O)[C@H](Cc1ccccc1)NC(=O)[C@]1(C)[C@H](C)C(=O)N1Cc1ccc(OC)cc1. The lowest BCUT2D eigenvalue weighted by Crippen LogP contribution is -2.74. The fourth-order valence-electron chi connectivity index (χ4n) is 3.84. The lowest BCUT2D eigenvalue weighted by Gasteiger charge is -2.53. The van der Waals surface area contributed by atoms with E-state index >= 15 is 0 Å². The van der Waals surface area contributed by atoms with E-state index in [9.17, 15) is 14.4 Å². The molecular weight excluding hydrogens is 396 g/mol. The van der Waals surface area contributed by atoms with E-state index < -0.39 is 23.5 Å². The maximum absolute atomic E-state index is 13.3. The number of esters is 1. The van der Waals surface area contributed by atoms with Gasteiger partial charge in [-0.15, -0.1) is 0 Å². The molecule has 7 heteroatoms.